The zero-order valence-electron chi connectivity index (χ0n) is 12.8. The number of benzene rings is 1. The van der Waals surface area contributed by atoms with Crippen molar-refractivity contribution in [3.63, 3.8) is 0 Å². The van der Waals surface area contributed by atoms with E-state index < -0.39 is 0 Å². The molecule has 0 fully saturated rings. The maximum absolute atomic E-state index is 5.46. The minimum Gasteiger partial charge on any atom is -0.497 e. The molecule has 0 spiro atoms. The summed E-state index contributed by atoms with van der Waals surface area (Å²) >= 11 is 0. The van der Waals surface area contributed by atoms with Crippen LogP contribution < -0.4 is 4.74 Å². The third-order valence-electron chi connectivity index (χ3n) is 4.96. The monoisotopic (exact) mass is 246 g/mol. The predicted octanol–water partition coefficient (Wildman–Crippen LogP) is 4.60. The minimum absolute atomic E-state index is 0.226. The summed E-state index contributed by atoms with van der Waals surface area (Å²) in [5, 5.41) is 0. The standard InChI is InChI=1S/C17H26O/c1-11-8-13(18-7)9-14-15(11)16(3,4)10-12(2)17(14,5)6/h8-9,12H,10H2,1-7H3. The summed E-state index contributed by atoms with van der Waals surface area (Å²) in [6.07, 6.45) is 1.25. The molecule has 1 unspecified atom stereocenters. The lowest BCUT2D eigenvalue weighted by atomic mass is 9.57. The van der Waals surface area contributed by atoms with Crippen LogP contribution in [0.15, 0.2) is 12.1 Å². The van der Waals surface area contributed by atoms with Gasteiger partial charge >= 0.3 is 0 Å². The SMILES string of the molecule is COc1cc(C)c2c(c1)C(C)(C)C(C)CC2(C)C. The zero-order chi connectivity index (χ0) is 13.7. The summed E-state index contributed by atoms with van der Waals surface area (Å²) < 4.78 is 5.46. The van der Waals surface area contributed by atoms with Crippen molar-refractivity contribution in [3.8, 4) is 5.75 Å². The third kappa shape index (κ3) is 1.84. The van der Waals surface area contributed by atoms with Gasteiger partial charge in [-0.1, -0.05) is 34.6 Å². The topological polar surface area (TPSA) is 9.23 Å². The first-order valence-electron chi connectivity index (χ1n) is 6.89. The van der Waals surface area contributed by atoms with Crippen LogP contribution in [0.2, 0.25) is 0 Å². The molecule has 0 heterocycles. The second kappa shape index (κ2) is 4.01. The van der Waals surface area contributed by atoms with Crippen LogP contribution in [0.1, 0.15) is 57.7 Å². The average Bonchev–Trinajstić information content (AvgIpc) is 2.25. The second-order valence-electron chi connectivity index (χ2n) is 7.08. The molecule has 0 N–H and O–H groups in total. The lowest BCUT2D eigenvalue weighted by Crippen LogP contribution is -2.40. The molecule has 1 aliphatic carbocycles. The van der Waals surface area contributed by atoms with Crippen molar-refractivity contribution in [2.45, 2.75) is 58.8 Å². The van der Waals surface area contributed by atoms with E-state index in [1.54, 1.807) is 7.11 Å². The Hall–Kier alpha value is -0.980. The van der Waals surface area contributed by atoms with Crippen LogP contribution in [0.4, 0.5) is 0 Å². The fourth-order valence-electron chi connectivity index (χ4n) is 3.67. The fraction of sp³-hybridized carbons (Fsp3) is 0.647. The highest BCUT2D eigenvalue weighted by Crippen LogP contribution is 2.50. The molecule has 0 radical (unpaired) electrons. The van der Waals surface area contributed by atoms with E-state index in [0.29, 0.717) is 5.92 Å². The molecule has 0 amide bonds. The molecule has 1 atom stereocenters. The van der Waals surface area contributed by atoms with Gasteiger partial charge < -0.3 is 4.74 Å². The molecule has 0 saturated carbocycles. The van der Waals surface area contributed by atoms with E-state index in [-0.39, 0.29) is 10.8 Å². The number of methoxy groups -OCH3 is 1. The molecule has 2 rings (SSSR count). The zero-order valence-corrected chi connectivity index (χ0v) is 12.8. The maximum Gasteiger partial charge on any atom is 0.119 e. The van der Waals surface area contributed by atoms with Gasteiger partial charge in [-0.3, -0.25) is 0 Å². The summed E-state index contributed by atoms with van der Waals surface area (Å²) in [6, 6.07) is 4.42. The molecular weight excluding hydrogens is 220 g/mol. The fourth-order valence-corrected chi connectivity index (χ4v) is 3.67. The van der Waals surface area contributed by atoms with E-state index in [9.17, 15) is 0 Å². The minimum atomic E-state index is 0.226. The van der Waals surface area contributed by atoms with E-state index in [1.165, 1.54) is 23.1 Å². The van der Waals surface area contributed by atoms with Crippen LogP contribution in [0.5, 0.6) is 5.75 Å². The normalized spacial score (nSPS) is 24.5. The van der Waals surface area contributed by atoms with E-state index in [0.717, 1.165) is 5.75 Å². The molecule has 1 aromatic rings. The van der Waals surface area contributed by atoms with E-state index in [4.69, 9.17) is 4.74 Å². The largest absolute Gasteiger partial charge is 0.497 e. The Bertz CT molecular complexity index is 469. The van der Waals surface area contributed by atoms with Gasteiger partial charge in [0.15, 0.2) is 0 Å². The van der Waals surface area contributed by atoms with Gasteiger partial charge in [-0.2, -0.15) is 0 Å². The van der Waals surface area contributed by atoms with Crippen LogP contribution in [-0.2, 0) is 10.8 Å². The summed E-state index contributed by atoms with van der Waals surface area (Å²) in [4.78, 5) is 0. The van der Waals surface area contributed by atoms with Crippen molar-refractivity contribution in [3.05, 3.63) is 28.8 Å². The Kier molecular flexibility index (Phi) is 3.00. The van der Waals surface area contributed by atoms with Crippen molar-refractivity contribution in [1.82, 2.24) is 0 Å². The number of fused-ring (bicyclic) bond motifs is 1. The van der Waals surface area contributed by atoms with Crippen molar-refractivity contribution < 1.29 is 4.74 Å². The molecule has 0 bridgehead atoms. The highest BCUT2D eigenvalue weighted by atomic mass is 16.5. The number of hydrogen-bond acceptors (Lipinski definition) is 1. The highest BCUT2D eigenvalue weighted by molar-refractivity contribution is 5.50. The summed E-state index contributed by atoms with van der Waals surface area (Å²) in [5.41, 5.74) is 4.87. The molecular formula is C17H26O. The molecule has 1 aromatic carbocycles. The first-order chi connectivity index (χ1) is 8.20. The van der Waals surface area contributed by atoms with E-state index in [2.05, 4.69) is 53.7 Å². The van der Waals surface area contributed by atoms with Crippen LogP contribution in [0, 0.1) is 12.8 Å². The second-order valence-corrected chi connectivity index (χ2v) is 7.08. The number of ether oxygens (including phenoxy) is 1. The molecule has 0 aliphatic heterocycles. The highest BCUT2D eigenvalue weighted by Gasteiger charge is 2.42. The van der Waals surface area contributed by atoms with Crippen LogP contribution in [0.3, 0.4) is 0 Å². The van der Waals surface area contributed by atoms with Gasteiger partial charge in [0.05, 0.1) is 7.11 Å². The van der Waals surface area contributed by atoms with Gasteiger partial charge in [0.2, 0.25) is 0 Å². The first-order valence-corrected chi connectivity index (χ1v) is 6.89. The maximum atomic E-state index is 5.46. The Morgan fingerprint density at radius 2 is 1.78 bits per heavy atom. The smallest absolute Gasteiger partial charge is 0.119 e. The summed E-state index contributed by atoms with van der Waals surface area (Å²) in [6.45, 7) is 14.1. The lowest BCUT2D eigenvalue weighted by Gasteiger charge is -2.47. The van der Waals surface area contributed by atoms with Gasteiger partial charge in [0.1, 0.15) is 5.75 Å². The molecule has 1 aliphatic rings. The predicted molar refractivity (Wildman–Crippen MR) is 77.6 cm³/mol. The number of rotatable bonds is 1. The molecule has 100 valence electrons. The molecule has 18 heavy (non-hydrogen) atoms. The Balaban J connectivity index is 2.75. The lowest BCUT2D eigenvalue weighted by molar-refractivity contribution is 0.231. The van der Waals surface area contributed by atoms with Crippen LogP contribution in [-0.4, -0.2) is 7.11 Å². The molecule has 0 saturated heterocycles. The molecule has 1 heteroatoms. The summed E-state index contributed by atoms with van der Waals surface area (Å²) in [7, 11) is 1.76. The molecule has 0 aromatic heterocycles. The van der Waals surface area contributed by atoms with Crippen molar-refractivity contribution in [1.29, 1.82) is 0 Å². The third-order valence-corrected chi connectivity index (χ3v) is 4.96. The Labute approximate surface area is 112 Å². The van der Waals surface area contributed by atoms with Crippen molar-refractivity contribution in [2.75, 3.05) is 7.11 Å². The Morgan fingerprint density at radius 1 is 1.17 bits per heavy atom. The van der Waals surface area contributed by atoms with Gasteiger partial charge in [-0.25, -0.2) is 0 Å². The van der Waals surface area contributed by atoms with Gasteiger partial charge in [0.25, 0.3) is 0 Å². The van der Waals surface area contributed by atoms with Crippen molar-refractivity contribution in [2.24, 2.45) is 5.92 Å². The Morgan fingerprint density at radius 3 is 2.33 bits per heavy atom. The number of hydrogen-bond donors (Lipinski definition) is 0. The molecule has 1 nitrogen and oxygen atoms in total. The van der Waals surface area contributed by atoms with Crippen molar-refractivity contribution >= 4 is 0 Å². The average molecular weight is 246 g/mol. The van der Waals surface area contributed by atoms with E-state index >= 15 is 0 Å². The summed E-state index contributed by atoms with van der Waals surface area (Å²) in [5.74, 6) is 1.68. The van der Waals surface area contributed by atoms with Gasteiger partial charge in [-0.05, 0) is 58.9 Å². The number of aryl methyl sites for hydroxylation is 1. The quantitative estimate of drug-likeness (QED) is 0.703. The van der Waals surface area contributed by atoms with Gasteiger partial charge in [0, 0.05) is 0 Å². The van der Waals surface area contributed by atoms with Crippen LogP contribution in [0.25, 0.3) is 0 Å². The van der Waals surface area contributed by atoms with Gasteiger partial charge in [-0.15, -0.1) is 0 Å². The van der Waals surface area contributed by atoms with E-state index in [1.807, 2.05) is 0 Å². The first kappa shape index (κ1) is 13.5. The van der Waals surface area contributed by atoms with Crippen LogP contribution >= 0.6 is 0 Å².